The van der Waals surface area contributed by atoms with Crippen molar-refractivity contribution >= 4 is 15.9 Å². The third-order valence-corrected chi connectivity index (χ3v) is 3.71. The van der Waals surface area contributed by atoms with Gasteiger partial charge in [-0.1, -0.05) is 28.1 Å². The van der Waals surface area contributed by atoms with Crippen LogP contribution in [0.1, 0.15) is 18.1 Å². The summed E-state index contributed by atoms with van der Waals surface area (Å²) in [5.41, 5.74) is 0.832. The molecule has 0 radical (unpaired) electrons. The van der Waals surface area contributed by atoms with E-state index in [4.69, 9.17) is 4.74 Å². The molecule has 0 saturated carbocycles. The second-order valence-corrected chi connectivity index (χ2v) is 6.39. The van der Waals surface area contributed by atoms with Gasteiger partial charge >= 0.3 is 0 Å². The molecule has 1 atom stereocenters. The van der Waals surface area contributed by atoms with Gasteiger partial charge in [-0.05, 0) is 48.4 Å². The molecule has 0 fully saturated rings. The summed E-state index contributed by atoms with van der Waals surface area (Å²) < 4.78 is 19.2. The van der Waals surface area contributed by atoms with Crippen LogP contribution in [0.2, 0.25) is 0 Å². The summed E-state index contributed by atoms with van der Waals surface area (Å²) >= 11 is 3.27. The van der Waals surface area contributed by atoms with Crippen molar-refractivity contribution in [2.45, 2.75) is 25.4 Å². The summed E-state index contributed by atoms with van der Waals surface area (Å²) in [6, 6.07) is 12.3. The van der Waals surface area contributed by atoms with Crippen LogP contribution < -0.4 is 4.74 Å². The second-order valence-electron chi connectivity index (χ2n) is 5.48. The zero-order chi connectivity index (χ0) is 15.5. The lowest BCUT2D eigenvalue weighted by molar-refractivity contribution is 0.0607. The molecule has 0 aliphatic carbocycles. The normalized spacial score (nSPS) is 13.8. The van der Waals surface area contributed by atoms with E-state index < -0.39 is 5.60 Å². The van der Waals surface area contributed by atoms with Gasteiger partial charge in [0, 0.05) is 17.3 Å². The minimum Gasteiger partial charge on any atom is -0.497 e. The van der Waals surface area contributed by atoms with E-state index in [9.17, 15) is 9.50 Å². The number of rotatable bonds is 5. The zero-order valence-electron chi connectivity index (χ0n) is 12.1. The molecule has 0 aromatic heterocycles. The van der Waals surface area contributed by atoms with E-state index in [0.29, 0.717) is 17.3 Å². The molecule has 0 bridgehead atoms. The molecule has 0 heterocycles. The Morgan fingerprint density at radius 1 is 1.10 bits per heavy atom. The summed E-state index contributed by atoms with van der Waals surface area (Å²) in [4.78, 5) is 0. The minimum absolute atomic E-state index is 0.306. The van der Waals surface area contributed by atoms with E-state index in [2.05, 4.69) is 15.9 Å². The first-order valence-electron chi connectivity index (χ1n) is 6.68. The Labute approximate surface area is 132 Å². The number of halogens is 2. The first-order valence-corrected chi connectivity index (χ1v) is 7.47. The molecular formula is C17H18BrFO2. The van der Waals surface area contributed by atoms with Gasteiger partial charge in [0.1, 0.15) is 11.6 Å². The maximum absolute atomic E-state index is 13.4. The van der Waals surface area contributed by atoms with E-state index in [1.807, 2.05) is 30.3 Å². The molecule has 1 N–H and O–H groups in total. The fourth-order valence-corrected chi connectivity index (χ4v) is 2.91. The Balaban J connectivity index is 2.09. The number of hydrogen-bond acceptors (Lipinski definition) is 2. The van der Waals surface area contributed by atoms with Crippen LogP contribution in [-0.2, 0) is 12.8 Å². The Hall–Kier alpha value is -1.39. The topological polar surface area (TPSA) is 29.5 Å². The van der Waals surface area contributed by atoms with Crippen LogP contribution in [0.4, 0.5) is 4.39 Å². The largest absolute Gasteiger partial charge is 0.497 e. The van der Waals surface area contributed by atoms with Crippen LogP contribution in [-0.4, -0.2) is 17.8 Å². The van der Waals surface area contributed by atoms with Crippen molar-refractivity contribution in [3.63, 3.8) is 0 Å². The van der Waals surface area contributed by atoms with E-state index in [0.717, 1.165) is 16.9 Å². The quantitative estimate of drug-likeness (QED) is 0.876. The van der Waals surface area contributed by atoms with Crippen molar-refractivity contribution in [1.29, 1.82) is 0 Å². The van der Waals surface area contributed by atoms with Crippen molar-refractivity contribution in [3.05, 3.63) is 63.9 Å². The Morgan fingerprint density at radius 3 is 2.29 bits per heavy atom. The van der Waals surface area contributed by atoms with Crippen LogP contribution in [0.5, 0.6) is 5.75 Å². The molecule has 2 rings (SSSR count). The number of ether oxygens (including phenoxy) is 1. The van der Waals surface area contributed by atoms with Crippen LogP contribution >= 0.6 is 15.9 Å². The highest BCUT2D eigenvalue weighted by molar-refractivity contribution is 9.10. The fourth-order valence-electron chi connectivity index (χ4n) is 2.40. The number of benzene rings is 2. The van der Waals surface area contributed by atoms with Crippen LogP contribution in [0.25, 0.3) is 0 Å². The first kappa shape index (κ1) is 16.0. The molecule has 4 heteroatoms. The fraction of sp³-hybridized carbons (Fsp3) is 0.294. The average molecular weight is 353 g/mol. The summed E-state index contributed by atoms with van der Waals surface area (Å²) in [5, 5.41) is 10.6. The van der Waals surface area contributed by atoms with Gasteiger partial charge in [-0.15, -0.1) is 0 Å². The third-order valence-electron chi connectivity index (χ3n) is 3.25. The summed E-state index contributed by atoms with van der Waals surface area (Å²) in [6.45, 7) is 1.76. The van der Waals surface area contributed by atoms with Gasteiger partial charge in [-0.3, -0.25) is 0 Å². The van der Waals surface area contributed by atoms with Gasteiger partial charge in [0.15, 0.2) is 0 Å². The molecule has 21 heavy (non-hydrogen) atoms. The standard InChI is InChI=1S/C17H18BrFO2/c1-17(20,10-12-3-5-16(21-2)6-4-12)11-13-7-14(18)9-15(19)8-13/h3-9,20H,10-11H2,1-2H3. The Morgan fingerprint density at radius 2 is 1.71 bits per heavy atom. The molecular weight excluding hydrogens is 335 g/mol. The molecule has 0 aliphatic rings. The second kappa shape index (κ2) is 6.58. The molecule has 0 saturated heterocycles. The van der Waals surface area contributed by atoms with E-state index in [1.165, 1.54) is 12.1 Å². The smallest absolute Gasteiger partial charge is 0.124 e. The van der Waals surface area contributed by atoms with Crippen molar-refractivity contribution < 1.29 is 14.2 Å². The molecule has 1 unspecified atom stereocenters. The minimum atomic E-state index is -0.943. The molecule has 0 spiro atoms. The zero-order valence-corrected chi connectivity index (χ0v) is 13.7. The SMILES string of the molecule is COc1ccc(CC(C)(O)Cc2cc(F)cc(Br)c2)cc1. The number of hydrogen-bond donors (Lipinski definition) is 1. The third kappa shape index (κ3) is 4.83. The molecule has 0 aliphatic heterocycles. The molecule has 112 valence electrons. The van der Waals surface area contributed by atoms with Gasteiger partial charge in [0.25, 0.3) is 0 Å². The van der Waals surface area contributed by atoms with E-state index >= 15 is 0 Å². The average Bonchev–Trinajstić information content (AvgIpc) is 2.37. The Bertz CT molecular complexity index is 588. The van der Waals surface area contributed by atoms with Gasteiger partial charge in [-0.25, -0.2) is 4.39 Å². The van der Waals surface area contributed by atoms with Crippen molar-refractivity contribution in [2.24, 2.45) is 0 Å². The summed E-state index contributed by atoms with van der Waals surface area (Å²) in [6.07, 6.45) is 0.876. The lowest BCUT2D eigenvalue weighted by Crippen LogP contribution is -2.30. The monoisotopic (exact) mass is 352 g/mol. The molecule has 2 aromatic carbocycles. The molecule has 2 aromatic rings. The van der Waals surface area contributed by atoms with Crippen LogP contribution in [0.15, 0.2) is 46.9 Å². The molecule has 2 nitrogen and oxygen atoms in total. The highest BCUT2D eigenvalue weighted by atomic mass is 79.9. The van der Waals surface area contributed by atoms with Gasteiger partial charge in [0.2, 0.25) is 0 Å². The number of methoxy groups -OCH3 is 1. The summed E-state index contributed by atoms with van der Waals surface area (Å²) in [7, 11) is 1.62. The van der Waals surface area contributed by atoms with Crippen molar-refractivity contribution in [3.8, 4) is 5.75 Å². The van der Waals surface area contributed by atoms with Crippen LogP contribution in [0.3, 0.4) is 0 Å². The number of aliphatic hydroxyl groups is 1. The Kier molecular flexibility index (Phi) is 5.01. The van der Waals surface area contributed by atoms with Crippen LogP contribution in [0, 0.1) is 5.82 Å². The van der Waals surface area contributed by atoms with Gasteiger partial charge in [0.05, 0.1) is 12.7 Å². The van der Waals surface area contributed by atoms with Crippen molar-refractivity contribution in [1.82, 2.24) is 0 Å². The predicted molar refractivity (Wildman–Crippen MR) is 85.1 cm³/mol. The maximum atomic E-state index is 13.4. The lowest BCUT2D eigenvalue weighted by Gasteiger charge is -2.24. The highest BCUT2D eigenvalue weighted by Crippen LogP contribution is 2.23. The van der Waals surface area contributed by atoms with E-state index in [-0.39, 0.29) is 5.82 Å². The summed E-state index contributed by atoms with van der Waals surface area (Å²) in [5.74, 6) is 0.479. The van der Waals surface area contributed by atoms with Gasteiger partial charge in [-0.2, -0.15) is 0 Å². The predicted octanol–water partition coefficient (Wildman–Crippen LogP) is 4.13. The van der Waals surface area contributed by atoms with Gasteiger partial charge < -0.3 is 9.84 Å². The lowest BCUT2D eigenvalue weighted by atomic mass is 9.90. The maximum Gasteiger partial charge on any atom is 0.124 e. The highest BCUT2D eigenvalue weighted by Gasteiger charge is 2.22. The first-order chi connectivity index (χ1) is 9.88. The van der Waals surface area contributed by atoms with E-state index in [1.54, 1.807) is 14.0 Å². The van der Waals surface area contributed by atoms with Crippen molar-refractivity contribution in [2.75, 3.05) is 7.11 Å². The molecule has 0 amide bonds.